The van der Waals surface area contributed by atoms with Crippen molar-refractivity contribution in [1.82, 2.24) is 0 Å². The van der Waals surface area contributed by atoms with Crippen molar-refractivity contribution >= 4 is 5.97 Å². The lowest BCUT2D eigenvalue weighted by molar-refractivity contribution is -0.305. The number of hydrogen-bond acceptors (Lipinski definition) is 3. The van der Waals surface area contributed by atoms with Crippen LogP contribution in [0.2, 0.25) is 0 Å². The molecule has 0 saturated heterocycles. The quantitative estimate of drug-likeness (QED) is 0.370. The standard InChI is InChI=1S/C18H34O3/c1-2-3-4-5-8-11-14-17(19)15-12-9-6-7-10-13-16-18(20)21/h8,11,17,19H,2-7,9-10,12-16H2,1H3,(H,20,21)/p-1/b11-8-/t17-/m1/s1. The first-order chi connectivity index (χ1) is 10.2. The largest absolute Gasteiger partial charge is 0.550 e. The van der Waals surface area contributed by atoms with Gasteiger partial charge in [0.2, 0.25) is 0 Å². The summed E-state index contributed by atoms with van der Waals surface area (Å²) in [6.07, 6.45) is 17.0. The predicted molar refractivity (Wildman–Crippen MR) is 85.8 cm³/mol. The summed E-state index contributed by atoms with van der Waals surface area (Å²) in [6, 6.07) is 0. The molecule has 0 amide bonds. The maximum absolute atomic E-state index is 10.2. The van der Waals surface area contributed by atoms with Crippen LogP contribution >= 0.6 is 0 Å². The Bertz CT molecular complexity index is 261. The highest BCUT2D eigenvalue weighted by molar-refractivity contribution is 5.63. The van der Waals surface area contributed by atoms with Crippen molar-refractivity contribution in [3.8, 4) is 0 Å². The van der Waals surface area contributed by atoms with Gasteiger partial charge in [0.15, 0.2) is 0 Å². The molecule has 124 valence electrons. The van der Waals surface area contributed by atoms with E-state index >= 15 is 0 Å². The van der Waals surface area contributed by atoms with Crippen LogP contribution < -0.4 is 5.11 Å². The van der Waals surface area contributed by atoms with Crippen LogP contribution in [-0.4, -0.2) is 17.2 Å². The molecular weight excluding hydrogens is 264 g/mol. The zero-order valence-corrected chi connectivity index (χ0v) is 13.7. The predicted octanol–water partition coefficient (Wildman–Crippen LogP) is 3.74. The molecule has 0 spiro atoms. The third-order valence-electron chi connectivity index (χ3n) is 3.72. The number of aliphatic hydroxyl groups is 1. The number of unbranched alkanes of at least 4 members (excludes halogenated alkanes) is 8. The van der Waals surface area contributed by atoms with Crippen molar-refractivity contribution in [3.05, 3.63) is 12.2 Å². The summed E-state index contributed by atoms with van der Waals surface area (Å²) < 4.78 is 0. The van der Waals surface area contributed by atoms with Gasteiger partial charge in [0.05, 0.1) is 6.10 Å². The van der Waals surface area contributed by atoms with E-state index in [0.717, 1.165) is 57.8 Å². The first-order valence-corrected chi connectivity index (χ1v) is 8.69. The van der Waals surface area contributed by atoms with Crippen molar-refractivity contribution in [1.29, 1.82) is 0 Å². The van der Waals surface area contributed by atoms with E-state index < -0.39 is 5.97 Å². The van der Waals surface area contributed by atoms with Gasteiger partial charge in [-0.05, 0) is 38.5 Å². The molecule has 0 fully saturated rings. The Labute approximate surface area is 130 Å². The monoisotopic (exact) mass is 297 g/mol. The third-order valence-corrected chi connectivity index (χ3v) is 3.72. The van der Waals surface area contributed by atoms with Gasteiger partial charge in [0.1, 0.15) is 0 Å². The Morgan fingerprint density at radius 3 is 2.33 bits per heavy atom. The van der Waals surface area contributed by atoms with E-state index in [9.17, 15) is 15.0 Å². The van der Waals surface area contributed by atoms with E-state index in [-0.39, 0.29) is 12.5 Å². The normalized spacial score (nSPS) is 12.9. The Kier molecular flexibility index (Phi) is 14.9. The van der Waals surface area contributed by atoms with Crippen molar-refractivity contribution < 1.29 is 15.0 Å². The maximum atomic E-state index is 10.2. The van der Waals surface area contributed by atoms with E-state index in [1.54, 1.807) is 0 Å². The molecule has 1 atom stereocenters. The average Bonchev–Trinajstić information content (AvgIpc) is 2.45. The molecular formula is C18H33O3-. The van der Waals surface area contributed by atoms with Crippen molar-refractivity contribution in [2.24, 2.45) is 0 Å². The number of aliphatic hydroxyl groups excluding tert-OH is 1. The molecule has 0 rings (SSSR count). The minimum atomic E-state index is -0.944. The Hall–Kier alpha value is -0.830. The number of carbonyl (C=O) groups is 1. The molecule has 0 aromatic rings. The molecule has 0 heterocycles. The van der Waals surface area contributed by atoms with Gasteiger partial charge in [0.25, 0.3) is 0 Å². The summed E-state index contributed by atoms with van der Waals surface area (Å²) in [7, 11) is 0. The number of carbonyl (C=O) groups excluding carboxylic acids is 1. The molecule has 0 aromatic carbocycles. The summed E-state index contributed by atoms with van der Waals surface area (Å²) >= 11 is 0. The van der Waals surface area contributed by atoms with Gasteiger partial charge < -0.3 is 15.0 Å². The van der Waals surface area contributed by atoms with Gasteiger partial charge in [-0.15, -0.1) is 0 Å². The smallest absolute Gasteiger partial charge is 0.0574 e. The number of hydrogen-bond donors (Lipinski definition) is 1. The molecule has 0 saturated carbocycles. The number of aliphatic carboxylic acids is 1. The molecule has 0 aromatic heterocycles. The summed E-state index contributed by atoms with van der Waals surface area (Å²) in [6.45, 7) is 2.21. The number of carboxylic acids is 1. The molecule has 0 bridgehead atoms. The van der Waals surface area contributed by atoms with Gasteiger partial charge in [-0.25, -0.2) is 0 Å². The van der Waals surface area contributed by atoms with Gasteiger partial charge in [-0.3, -0.25) is 0 Å². The lowest BCUT2D eigenvalue weighted by atomic mass is 10.0. The highest BCUT2D eigenvalue weighted by Gasteiger charge is 2.01. The van der Waals surface area contributed by atoms with Gasteiger partial charge in [-0.2, -0.15) is 0 Å². The first-order valence-electron chi connectivity index (χ1n) is 8.69. The Balaban J connectivity index is 3.26. The number of allylic oxidation sites excluding steroid dienone is 1. The molecule has 21 heavy (non-hydrogen) atoms. The molecule has 3 heteroatoms. The Morgan fingerprint density at radius 2 is 1.67 bits per heavy atom. The summed E-state index contributed by atoms with van der Waals surface area (Å²) in [4.78, 5) is 10.2. The van der Waals surface area contributed by atoms with Crippen LogP contribution in [0.25, 0.3) is 0 Å². The lowest BCUT2D eigenvalue weighted by Crippen LogP contribution is -2.21. The van der Waals surface area contributed by atoms with Crippen molar-refractivity contribution in [3.63, 3.8) is 0 Å². The summed E-state index contributed by atoms with van der Waals surface area (Å²) in [5.74, 6) is -0.944. The minimum absolute atomic E-state index is 0.184. The molecule has 0 aliphatic rings. The first kappa shape index (κ1) is 20.2. The minimum Gasteiger partial charge on any atom is -0.550 e. The van der Waals surface area contributed by atoms with Crippen LogP contribution in [-0.2, 0) is 4.79 Å². The third kappa shape index (κ3) is 17.1. The van der Waals surface area contributed by atoms with Crippen LogP contribution in [0.15, 0.2) is 12.2 Å². The zero-order chi connectivity index (χ0) is 15.8. The summed E-state index contributed by atoms with van der Waals surface area (Å²) in [5.41, 5.74) is 0. The highest BCUT2D eigenvalue weighted by atomic mass is 16.4. The molecule has 0 aliphatic heterocycles. The van der Waals surface area contributed by atoms with Gasteiger partial charge in [-0.1, -0.05) is 64.0 Å². The van der Waals surface area contributed by atoms with E-state index in [2.05, 4.69) is 19.1 Å². The topological polar surface area (TPSA) is 60.4 Å². The van der Waals surface area contributed by atoms with Crippen molar-refractivity contribution in [2.75, 3.05) is 0 Å². The molecule has 0 unspecified atom stereocenters. The average molecular weight is 297 g/mol. The van der Waals surface area contributed by atoms with Crippen LogP contribution in [0.5, 0.6) is 0 Å². The second-order valence-electron chi connectivity index (χ2n) is 5.89. The molecule has 3 nitrogen and oxygen atoms in total. The maximum Gasteiger partial charge on any atom is 0.0574 e. The molecule has 0 radical (unpaired) electrons. The fourth-order valence-electron chi connectivity index (χ4n) is 2.36. The van der Waals surface area contributed by atoms with Crippen LogP contribution in [0.1, 0.15) is 90.4 Å². The highest BCUT2D eigenvalue weighted by Crippen LogP contribution is 2.11. The van der Waals surface area contributed by atoms with E-state index in [1.165, 1.54) is 19.3 Å². The SMILES string of the molecule is CCCCC/C=C\C[C@@H](O)CCCCCCCCC(=O)[O-]. The number of carboxylic acid groups (broad SMARTS) is 1. The van der Waals surface area contributed by atoms with E-state index in [0.29, 0.717) is 0 Å². The van der Waals surface area contributed by atoms with Crippen LogP contribution in [0, 0.1) is 0 Å². The molecule has 1 N–H and O–H groups in total. The summed E-state index contributed by atoms with van der Waals surface area (Å²) in [5, 5.41) is 20.1. The zero-order valence-electron chi connectivity index (χ0n) is 13.7. The van der Waals surface area contributed by atoms with E-state index in [4.69, 9.17) is 0 Å². The second kappa shape index (κ2) is 15.6. The molecule has 0 aliphatic carbocycles. The van der Waals surface area contributed by atoms with Crippen LogP contribution in [0.3, 0.4) is 0 Å². The number of rotatable bonds is 15. The fourth-order valence-corrected chi connectivity index (χ4v) is 2.36. The van der Waals surface area contributed by atoms with E-state index in [1.807, 2.05) is 0 Å². The second-order valence-corrected chi connectivity index (χ2v) is 5.89. The fraction of sp³-hybridized carbons (Fsp3) is 0.833. The Morgan fingerprint density at radius 1 is 1.00 bits per heavy atom. The van der Waals surface area contributed by atoms with Crippen LogP contribution in [0.4, 0.5) is 0 Å². The van der Waals surface area contributed by atoms with Gasteiger partial charge in [0, 0.05) is 5.97 Å². The van der Waals surface area contributed by atoms with Crippen molar-refractivity contribution in [2.45, 2.75) is 96.5 Å². The lowest BCUT2D eigenvalue weighted by Gasteiger charge is -2.07. The van der Waals surface area contributed by atoms with Gasteiger partial charge >= 0.3 is 0 Å².